The average molecular weight is 194 g/mol. The van der Waals surface area contributed by atoms with Crippen LogP contribution in [0.1, 0.15) is 27.2 Å². The highest BCUT2D eigenvalue weighted by Crippen LogP contribution is 2.18. The Labute approximate surface area is 83.8 Å². The van der Waals surface area contributed by atoms with E-state index in [1.165, 1.54) is 4.90 Å². The van der Waals surface area contributed by atoms with Gasteiger partial charge in [-0.1, -0.05) is 6.08 Å². The number of rotatable bonds is 0. The first-order valence-electron chi connectivity index (χ1n) is 4.51. The molecule has 1 heterocycles. The summed E-state index contributed by atoms with van der Waals surface area (Å²) in [6.45, 7) is 5.39. The number of carbonyl (C=O) groups excluding carboxylic acids is 1. The molecule has 0 N–H and O–H groups in total. The molecule has 0 aromatic carbocycles. The molecule has 0 spiro atoms. The van der Waals surface area contributed by atoms with E-state index < -0.39 is 17.7 Å². The normalized spacial score (nSPS) is 20.7. The zero-order valence-corrected chi connectivity index (χ0v) is 8.65. The molecule has 0 fully saturated rings. The molecule has 0 aromatic heterocycles. The van der Waals surface area contributed by atoms with Crippen molar-refractivity contribution in [3.8, 4) is 6.07 Å². The second kappa shape index (κ2) is 3.70. The SMILES string of the molecule is CC(C)(C)OC(=O)N1C=CCC1C#N. The largest absolute Gasteiger partial charge is 0.443 e. The summed E-state index contributed by atoms with van der Waals surface area (Å²) in [5, 5.41) is 8.74. The molecule has 1 rings (SSSR count). The summed E-state index contributed by atoms with van der Waals surface area (Å²) in [5.74, 6) is 0. The number of nitriles is 1. The van der Waals surface area contributed by atoms with Crippen LogP contribution in [0.4, 0.5) is 4.79 Å². The maximum Gasteiger partial charge on any atom is 0.415 e. The minimum Gasteiger partial charge on any atom is -0.443 e. The van der Waals surface area contributed by atoms with E-state index in [1.807, 2.05) is 6.07 Å². The lowest BCUT2D eigenvalue weighted by molar-refractivity contribution is 0.0318. The highest BCUT2D eigenvalue weighted by molar-refractivity contribution is 5.71. The molecule has 1 amide bonds. The zero-order chi connectivity index (χ0) is 10.8. The predicted molar refractivity (Wildman–Crippen MR) is 51.2 cm³/mol. The molecule has 1 atom stereocenters. The maximum absolute atomic E-state index is 11.5. The predicted octanol–water partition coefficient (Wildman–Crippen LogP) is 2.03. The summed E-state index contributed by atoms with van der Waals surface area (Å²) >= 11 is 0. The fourth-order valence-electron chi connectivity index (χ4n) is 1.14. The molecule has 76 valence electrons. The van der Waals surface area contributed by atoms with Crippen molar-refractivity contribution in [1.29, 1.82) is 5.26 Å². The van der Waals surface area contributed by atoms with Gasteiger partial charge in [-0.2, -0.15) is 5.26 Å². The standard InChI is InChI=1S/C10H14N2O2/c1-10(2,3)14-9(13)12-6-4-5-8(12)7-11/h4,6,8H,5H2,1-3H3. The third kappa shape index (κ3) is 2.49. The summed E-state index contributed by atoms with van der Waals surface area (Å²) in [6, 6.07) is 1.63. The summed E-state index contributed by atoms with van der Waals surface area (Å²) < 4.78 is 5.14. The molecule has 1 unspecified atom stereocenters. The van der Waals surface area contributed by atoms with Gasteiger partial charge >= 0.3 is 6.09 Å². The van der Waals surface area contributed by atoms with Gasteiger partial charge in [0.2, 0.25) is 0 Å². The van der Waals surface area contributed by atoms with Crippen molar-refractivity contribution in [2.45, 2.75) is 38.8 Å². The van der Waals surface area contributed by atoms with E-state index in [1.54, 1.807) is 33.0 Å². The van der Waals surface area contributed by atoms with Gasteiger partial charge in [0.1, 0.15) is 11.6 Å². The number of amides is 1. The summed E-state index contributed by atoms with van der Waals surface area (Å²) in [6.07, 6.45) is 3.51. The van der Waals surface area contributed by atoms with Crippen LogP contribution in [-0.4, -0.2) is 22.6 Å². The monoisotopic (exact) mass is 194 g/mol. The minimum absolute atomic E-state index is 0.412. The molecule has 1 aliphatic rings. The van der Waals surface area contributed by atoms with Gasteiger partial charge in [-0.3, -0.25) is 4.90 Å². The van der Waals surface area contributed by atoms with Crippen molar-refractivity contribution in [1.82, 2.24) is 4.90 Å². The molecule has 0 radical (unpaired) electrons. The van der Waals surface area contributed by atoms with Crippen LogP contribution in [0.3, 0.4) is 0 Å². The number of nitrogens with zero attached hydrogens (tertiary/aromatic N) is 2. The maximum atomic E-state index is 11.5. The third-order valence-corrected chi connectivity index (χ3v) is 1.71. The van der Waals surface area contributed by atoms with E-state index in [0.29, 0.717) is 6.42 Å². The van der Waals surface area contributed by atoms with Gasteiger partial charge in [-0.25, -0.2) is 4.79 Å². The fraction of sp³-hybridized carbons (Fsp3) is 0.600. The summed E-state index contributed by atoms with van der Waals surface area (Å²) in [7, 11) is 0. The Morgan fingerprint density at radius 2 is 2.29 bits per heavy atom. The van der Waals surface area contributed by atoms with Crippen LogP contribution in [0.25, 0.3) is 0 Å². The lowest BCUT2D eigenvalue weighted by atomic mass is 10.2. The van der Waals surface area contributed by atoms with Crippen LogP contribution < -0.4 is 0 Å². The Morgan fingerprint density at radius 3 is 2.79 bits per heavy atom. The lowest BCUT2D eigenvalue weighted by Gasteiger charge is -2.24. The third-order valence-electron chi connectivity index (χ3n) is 1.71. The summed E-state index contributed by atoms with van der Waals surface area (Å²) in [4.78, 5) is 12.9. The Hall–Kier alpha value is -1.50. The van der Waals surface area contributed by atoms with Gasteiger partial charge in [0.25, 0.3) is 0 Å². The van der Waals surface area contributed by atoms with Gasteiger partial charge in [0.15, 0.2) is 0 Å². The molecule has 0 aliphatic carbocycles. The Bertz CT molecular complexity index is 296. The van der Waals surface area contributed by atoms with Crippen molar-refractivity contribution in [2.75, 3.05) is 0 Å². The molecular weight excluding hydrogens is 180 g/mol. The van der Waals surface area contributed by atoms with Crippen molar-refractivity contribution >= 4 is 6.09 Å². The lowest BCUT2D eigenvalue weighted by Crippen LogP contribution is -2.37. The number of carbonyl (C=O) groups is 1. The van der Waals surface area contributed by atoms with E-state index in [0.717, 1.165) is 0 Å². The van der Waals surface area contributed by atoms with Crippen molar-refractivity contribution in [3.63, 3.8) is 0 Å². The number of hydrogen-bond donors (Lipinski definition) is 0. The Balaban J connectivity index is 2.62. The molecule has 14 heavy (non-hydrogen) atoms. The molecule has 0 saturated carbocycles. The van der Waals surface area contributed by atoms with Gasteiger partial charge < -0.3 is 4.74 Å². The first-order valence-corrected chi connectivity index (χ1v) is 4.51. The quantitative estimate of drug-likeness (QED) is 0.593. The Kier molecular flexibility index (Phi) is 2.80. The van der Waals surface area contributed by atoms with E-state index in [2.05, 4.69) is 0 Å². The topological polar surface area (TPSA) is 53.3 Å². The van der Waals surface area contributed by atoms with Crippen LogP contribution in [0.15, 0.2) is 12.3 Å². The molecule has 1 aliphatic heterocycles. The first-order chi connectivity index (χ1) is 6.44. The van der Waals surface area contributed by atoms with Crippen molar-refractivity contribution in [2.24, 2.45) is 0 Å². The van der Waals surface area contributed by atoms with Crippen LogP contribution in [-0.2, 0) is 4.74 Å². The summed E-state index contributed by atoms with van der Waals surface area (Å²) in [5.41, 5.74) is -0.520. The minimum atomic E-state index is -0.520. The molecule has 0 aromatic rings. The van der Waals surface area contributed by atoms with E-state index >= 15 is 0 Å². The van der Waals surface area contributed by atoms with Gasteiger partial charge in [-0.15, -0.1) is 0 Å². The molecule has 4 nitrogen and oxygen atoms in total. The van der Waals surface area contributed by atoms with Gasteiger partial charge in [0.05, 0.1) is 6.07 Å². The van der Waals surface area contributed by atoms with Crippen molar-refractivity contribution < 1.29 is 9.53 Å². The highest BCUT2D eigenvalue weighted by atomic mass is 16.6. The first kappa shape index (κ1) is 10.6. The van der Waals surface area contributed by atoms with Crippen LogP contribution in [0.2, 0.25) is 0 Å². The average Bonchev–Trinajstić information content (AvgIpc) is 2.47. The van der Waals surface area contributed by atoms with Gasteiger partial charge in [-0.05, 0) is 20.8 Å². The van der Waals surface area contributed by atoms with Gasteiger partial charge in [0, 0.05) is 12.6 Å². The molecule has 0 bridgehead atoms. The second-order valence-electron chi connectivity index (χ2n) is 4.15. The fourth-order valence-corrected chi connectivity index (χ4v) is 1.14. The van der Waals surface area contributed by atoms with Crippen LogP contribution in [0, 0.1) is 11.3 Å². The second-order valence-corrected chi connectivity index (χ2v) is 4.15. The Morgan fingerprint density at radius 1 is 1.64 bits per heavy atom. The molecule has 4 heteroatoms. The highest BCUT2D eigenvalue weighted by Gasteiger charge is 2.28. The van der Waals surface area contributed by atoms with Crippen LogP contribution in [0.5, 0.6) is 0 Å². The van der Waals surface area contributed by atoms with E-state index in [9.17, 15) is 4.79 Å². The zero-order valence-electron chi connectivity index (χ0n) is 8.65. The smallest absolute Gasteiger partial charge is 0.415 e. The number of ether oxygens (including phenoxy) is 1. The van der Waals surface area contributed by atoms with E-state index in [-0.39, 0.29) is 0 Å². The molecule has 0 saturated heterocycles. The van der Waals surface area contributed by atoms with Crippen molar-refractivity contribution in [3.05, 3.63) is 12.3 Å². The van der Waals surface area contributed by atoms with E-state index in [4.69, 9.17) is 10.00 Å². The van der Waals surface area contributed by atoms with Crippen LogP contribution >= 0.6 is 0 Å². The number of hydrogen-bond acceptors (Lipinski definition) is 3. The molecular formula is C10H14N2O2.